The molecule has 0 saturated carbocycles. The largest absolute Gasteiger partial charge is 0.465 e. The number of carbonyl (C=O) groups is 2. The number of alkyl halides is 3. The molecular formula is C15H19F3N2O3. The van der Waals surface area contributed by atoms with E-state index in [-0.39, 0.29) is 30.8 Å². The van der Waals surface area contributed by atoms with Crippen molar-refractivity contribution < 1.29 is 27.5 Å². The van der Waals surface area contributed by atoms with Crippen molar-refractivity contribution >= 4 is 11.9 Å². The maximum Gasteiger partial charge on any atom is 0.393 e. The molecule has 0 aliphatic carbocycles. The van der Waals surface area contributed by atoms with Gasteiger partial charge in [0.2, 0.25) is 0 Å². The Balaban J connectivity index is 2.26. The number of halogens is 3. The highest BCUT2D eigenvalue weighted by Gasteiger charge is 2.43. The lowest BCUT2D eigenvalue weighted by Gasteiger charge is -2.33. The van der Waals surface area contributed by atoms with Crippen molar-refractivity contribution in [3.05, 3.63) is 22.5 Å². The highest BCUT2D eigenvalue weighted by atomic mass is 19.4. The van der Waals surface area contributed by atoms with Gasteiger partial charge in [0, 0.05) is 18.8 Å². The van der Waals surface area contributed by atoms with Gasteiger partial charge in [-0.3, -0.25) is 4.79 Å². The molecule has 2 rings (SSSR count). The van der Waals surface area contributed by atoms with Crippen molar-refractivity contribution in [1.29, 1.82) is 0 Å². The van der Waals surface area contributed by atoms with E-state index in [1.807, 2.05) is 0 Å². The van der Waals surface area contributed by atoms with Crippen LogP contribution in [0.2, 0.25) is 0 Å². The summed E-state index contributed by atoms with van der Waals surface area (Å²) in [6.07, 6.45) is -3.97. The predicted molar refractivity (Wildman–Crippen MR) is 76.3 cm³/mol. The van der Waals surface area contributed by atoms with Gasteiger partial charge in [-0.05, 0) is 32.3 Å². The molecule has 1 saturated heterocycles. The standard InChI is InChI=1S/C15H19F3N2O3/c1-8-11(14(22)23-3)9(2)19-12(8)13(21)20-6-4-5-10(7-20)15(16,17)18/h10,19H,4-7H2,1-3H3/t10-/m0/s1. The maximum atomic E-state index is 12.9. The molecule has 23 heavy (non-hydrogen) atoms. The van der Waals surface area contributed by atoms with Crippen LogP contribution >= 0.6 is 0 Å². The van der Waals surface area contributed by atoms with Crippen LogP contribution in [-0.2, 0) is 4.74 Å². The first-order chi connectivity index (χ1) is 10.7. The Bertz CT molecular complexity index is 622. The maximum absolute atomic E-state index is 12.9. The minimum Gasteiger partial charge on any atom is -0.465 e. The fourth-order valence-electron chi connectivity index (χ4n) is 2.96. The molecule has 1 N–H and O–H groups in total. The van der Waals surface area contributed by atoms with Crippen LogP contribution in [0.1, 0.15) is 44.9 Å². The number of aryl methyl sites for hydroxylation is 1. The van der Waals surface area contributed by atoms with E-state index in [9.17, 15) is 22.8 Å². The number of H-pyrrole nitrogens is 1. The van der Waals surface area contributed by atoms with Gasteiger partial charge in [-0.1, -0.05) is 0 Å². The van der Waals surface area contributed by atoms with Crippen LogP contribution in [0, 0.1) is 19.8 Å². The van der Waals surface area contributed by atoms with Gasteiger partial charge >= 0.3 is 12.1 Å². The van der Waals surface area contributed by atoms with Gasteiger partial charge in [-0.25, -0.2) is 4.79 Å². The molecule has 128 valence electrons. The SMILES string of the molecule is COC(=O)c1c(C)[nH]c(C(=O)N2CCC[C@H](C(F)(F)F)C2)c1C. The molecule has 1 aliphatic heterocycles. The van der Waals surface area contributed by atoms with Gasteiger partial charge in [-0.15, -0.1) is 0 Å². The summed E-state index contributed by atoms with van der Waals surface area (Å²) in [4.78, 5) is 28.3. The van der Waals surface area contributed by atoms with Crippen LogP contribution in [0.25, 0.3) is 0 Å². The van der Waals surface area contributed by atoms with Gasteiger partial charge < -0.3 is 14.6 Å². The monoisotopic (exact) mass is 332 g/mol. The third-order valence-electron chi connectivity index (χ3n) is 4.21. The lowest BCUT2D eigenvalue weighted by molar-refractivity contribution is -0.184. The first kappa shape index (κ1) is 17.4. The number of carbonyl (C=O) groups excluding carboxylic acids is 2. The van der Waals surface area contributed by atoms with E-state index in [2.05, 4.69) is 9.72 Å². The molecule has 1 atom stereocenters. The smallest absolute Gasteiger partial charge is 0.393 e. The number of hydrogen-bond acceptors (Lipinski definition) is 3. The van der Waals surface area contributed by atoms with Crippen molar-refractivity contribution in [2.45, 2.75) is 32.9 Å². The van der Waals surface area contributed by atoms with Crippen LogP contribution in [0.4, 0.5) is 13.2 Å². The summed E-state index contributed by atoms with van der Waals surface area (Å²) in [6, 6.07) is 0. The minimum atomic E-state index is -4.31. The molecule has 8 heteroatoms. The second kappa shape index (κ2) is 6.25. The average molecular weight is 332 g/mol. The second-order valence-corrected chi connectivity index (χ2v) is 5.75. The number of piperidine rings is 1. The zero-order valence-electron chi connectivity index (χ0n) is 13.2. The fourth-order valence-corrected chi connectivity index (χ4v) is 2.96. The lowest BCUT2D eigenvalue weighted by Crippen LogP contribution is -2.44. The molecular weight excluding hydrogens is 313 g/mol. The fraction of sp³-hybridized carbons (Fsp3) is 0.600. The zero-order valence-corrected chi connectivity index (χ0v) is 13.2. The Hall–Kier alpha value is -1.99. The van der Waals surface area contributed by atoms with Crippen molar-refractivity contribution in [2.24, 2.45) is 5.92 Å². The van der Waals surface area contributed by atoms with E-state index in [4.69, 9.17) is 0 Å². The summed E-state index contributed by atoms with van der Waals surface area (Å²) in [5.74, 6) is -2.60. The summed E-state index contributed by atoms with van der Waals surface area (Å²) in [7, 11) is 1.23. The molecule has 1 amide bonds. The quantitative estimate of drug-likeness (QED) is 0.847. The van der Waals surface area contributed by atoms with Crippen LogP contribution < -0.4 is 0 Å². The number of methoxy groups -OCH3 is 1. The van der Waals surface area contributed by atoms with Crippen molar-refractivity contribution in [1.82, 2.24) is 9.88 Å². The summed E-state index contributed by atoms with van der Waals surface area (Å²) in [5.41, 5.74) is 1.25. The predicted octanol–water partition coefficient (Wildman–Crippen LogP) is 2.83. The number of nitrogens with one attached hydrogen (secondary N) is 1. The number of likely N-dealkylation sites (tertiary alicyclic amines) is 1. The number of aromatic amines is 1. The number of amides is 1. The molecule has 1 aliphatic rings. The van der Waals surface area contributed by atoms with Gasteiger partial charge in [0.1, 0.15) is 5.69 Å². The van der Waals surface area contributed by atoms with Gasteiger partial charge in [0.25, 0.3) is 5.91 Å². The Kier molecular flexibility index (Phi) is 4.72. The number of nitrogens with zero attached hydrogens (tertiary/aromatic N) is 1. The lowest BCUT2D eigenvalue weighted by atomic mass is 9.97. The first-order valence-electron chi connectivity index (χ1n) is 7.30. The molecule has 5 nitrogen and oxygen atoms in total. The van der Waals surface area contributed by atoms with E-state index >= 15 is 0 Å². The minimum absolute atomic E-state index is 0.0312. The van der Waals surface area contributed by atoms with E-state index in [0.717, 1.165) is 0 Å². The highest BCUT2D eigenvalue weighted by molar-refractivity contribution is 6.00. The van der Waals surface area contributed by atoms with E-state index in [0.29, 0.717) is 17.7 Å². The van der Waals surface area contributed by atoms with Crippen LogP contribution in [0.3, 0.4) is 0 Å². The van der Waals surface area contributed by atoms with E-state index < -0.39 is 24.0 Å². The van der Waals surface area contributed by atoms with Gasteiger partial charge in [0.05, 0.1) is 18.6 Å². The number of ether oxygens (including phenoxy) is 1. The van der Waals surface area contributed by atoms with E-state index in [1.54, 1.807) is 13.8 Å². The normalized spacial score (nSPS) is 18.9. The number of hydrogen-bond donors (Lipinski definition) is 1. The number of rotatable bonds is 2. The molecule has 1 aromatic heterocycles. The van der Waals surface area contributed by atoms with Gasteiger partial charge in [0.15, 0.2) is 0 Å². The topological polar surface area (TPSA) is 62.4 Å². The molecule has 0 unspecified atom stereocenters. The Morgan fingerprint density at radius 1 is 1.30 bits per heavy atom. The Labute approximate surface area is 131 Å². The van der Waals surface area contributed by atoms with Gasteiger partial charge in [-0.2, -0.15) is 13.2 Å². The molecule has 0 radical (unpaired) electrons. The zero-order chi connectivity index (χ0) is 17.4. The van der Waals surface area contributed by atoms with E-state index in [1.165, 1.54) is 12.0 Å². The van der Waals surface area contributed by atoms with Crippen molar-refractivity contribution in [3.8, 4) is 0 Å². The molecule has 0 aromatic carbocycles. The van der Waals surface area contributed by atoms with Crippen LogP contribution in [0.5, 0.6) is 0 Å². The van der Waals surface area contributed by atoms with Crippen molar-refractivity contribution in [3.63, 3.8) is 0 Å². The Morgan fingerprint density at radius 3 is 2.52 bits per heavy atom. The molecule has 1 fully saturated rings. The highest BCUT2D eigenvalue weighted by Crippen LogP contribution is 2.33. The third-order valence-corrected chi connectivity index (χ3v) is 4.21. The Morgan fingerprint density at radius 2 is 1.96 bits per heavy atom. The molecule has 0 spiro atoms. The second-order valence-electron chi connectivity index (χ2n) is 5.75. The summed E-state index contributed by atoms with van der Waals surface area (Å²) in [6.45, 7) is 3.11. The van der Waals surface area contributed by atoms with Crippen LogP contribution in [0.15, 0.2) is 0 Å². The average Bonchev–Trinajstić information content (AvgIpc) is 2.80. The third kappa shape index (κ3) is 3.35. The summed E-state index contributed by atoms with van der Waals surface area (Å²) in [5, 5.41) is 0. The molecule has 2 heterocycles. The number of esters is 1. The number of aromatic nitrogens is 1. The summed E-state index contributed by atoms with van der Waals surface area (Å²) >= 11 is 0. The van der Waals surface area contributed by atoms with Crippen molar-refractivity contribution in [2.75, 3.05) is 20.2 Å². The first-order valence-corrected chi connectivity index (χ1v) is 7.30. The molecule has 0 bridgehead atoms. The summed E-state index contributed by atoms with van der Waals surface area (Å²) < 4.78 is 43.3. The van der Waals surface area contributed by atoms with Crippen LogP contribution in [-0.4, -0.2) is 48.1 Å². The molecule has 1 aromatic rings.